The van der Waals surface area contributed by atoms with Crippen molar-refractivity contribution in [3.05, 3.63) is 39.9 Å². The van der Waals surface area contributed by atoms with Crippen molar-refractivity contribution >= 4 is 11.3 Å². The van der Waals surface area contributed by atoms with Crippen LogP contribution >= 0.6 is 11.3 Å². The summed E-state index contributed by atoms with van der Waals surface area (Å²) in [6.45, 7) is 11.9. The van der Waals surface area contributed by atoms with Gasteiger partial charge in [0.1, 0.15) is 5.01 Å². The van der Waals surface area contributed by atoms with E-state index in [-0.39, 0.29) is 0 Å². The van der Waals surface area contributed by atoms with Gasteiger partial charge >= 0.3 is 0 Å². The molecule has 0 bridgehead atoms. The van der Waals surface area contributed by atoms with E-state index in [4.69, 9.17) is 4.98 Å². The highest BCUT2D eigenvalue weighted by Crippen LogP contribution is 2.32. The van der Waals surface area contributed by atoms with E-state index < -0.39 is 0 Å². The molecule has 0 aliphatic heterocycles. The third-order valence-corrected chi connectivity index (χ3v) is 4.44. The molecule has 0 spiro atoms. The number of benzene rings is 1. The van der Waals surface area contributed by atoms with Crippen molar-refractivity contribution in [3.8, 4) is 10.6 Å². The van der Waals surface area contributed by atoms with Crippen LogP contribution in [0.15, 0.2) is 17.5 Å². The van der Waals surface area contributed by atoms with Crippen molar-refractivity contribution in [1.82, 2.24) is 10.3 Å². The number of nitrogens with zero attached hydrogens (tertiary/aromatic N) is 1. The number of hydrogen-bond donors (Lipinski definition) is 1. The van der Waals surface area contributed by atoms with E-state index >= 15 is 0 Å². The summed E-state index contributed by atoms with van der Waals surface area (Å²) in [4.78, 5) is 4.84. The lowest BCUT2D eigenvalue weighted by Crippen LogP contribution is -2.19. The highest BCUT2D eigenvalue weighted by molar-refractivity contribution is 7.13. The van der Waals surface area contributed by atoms with Crippen molar-refractivity contribution in [2.24, 2.45) is 0 Å². The molecule has 1 N–H and O–H groups in total. The van der Waals surface area contributed by atoms with Gasteiger partial charge in [-0.3, -0.25) is 0 Å². The Hall–Kier alpha value is -1.19. The van der Waals surface area contributed by atoms with Crippen molar-refractivity contribution < 1.29 is 0 Å². The maximum atomic E-state index is 4.84. The van der Waals surface area contributed by atoms with Crippen molar-refractivity contribution in [1.29, 1.82) is 0 Å². The Kier molecular flexibility index (Phi) is 4.95. The van der Waals surface area contributed by atoms with E-state index in [2.05, 4.69) is 57.4 Å². The molecule has 2 nitrogen and oxygen atoms in total. The molecule has 0 saturated heterocycles. The Morgan fingerprint density at radius 2 is 1.85 bits per heavy atom. The van der Waals surface area contributed by atoms with Gasteiger partial charge in [-0.15, -0.1) is 11.3 Å². The van der Waals surface area contributed by atoms with Crippen LogP contribution in [-0.2, 0) is 0 Å². The van der Waals surface area contributed by atoms with Gasteiger partial charge in [0.15, 0.2) is 0 Å². The van der Waals surface area contributed by atoms with Crippen LogP contribution in [0.5, 0.6) is 0 Å². The number of hydrogen-bond acceptors (Lipinski definition) is 3. The van der Waals surface area contributed by atoms with Crippen molar-refractivity contribution in [3.63, 3.8) is 0 Å². The van der Waals surface area contributed by atoms with E-state index in [1.807, 2.05) is 0 Å². The molecule has 108 valence electrons. The Labute approximate surface area is 126 Å². The molecule has 1 aromatic heterocycles. The molecule has 0 amide bonds. The van der Waals surface area contributed by atoms with E-state index in [1.54, 1.807) is 11.3 Å². The first-order valence-electron chi connectivity index (χ1n) is 7.30. The average Bonchev–Trinajstić information content (AvgIpc) is 2.84. The summed E-state index contributed by atoms with van der Waals surface area (Å²) in [5.41, 5.74) is 6.40. The summed E-state index contributed by atoms with van der Waals surface area (Å²) in [7, 11) is 0. The number of aromatic nitrogens is 1. The number of aryl methyl sites for hydroxylation is 3. The van der Waals surface area contributed by atoms with Crippen LogP contribution in [0, 0.1) is 20.8 Å². The van der Waals surface area contributed by atoms with Crippen molar-refractivity contribution in [2.45, 2.75) is 47.1 Å². The van der Waals surface area contributed by atoms with Crippen LogP contribution < -0.4 is 5.32 Å². The largest absolute Gasteiger partial charge is 0.309 e. The Morgan fingerprint density at radius 1 is 1.20 bits per heavy atom. The first-order valence-corrected chi connectivity index (χ1v) is 8.18. The molecule has 1 atom stereocenters. The summed E-state index contributed by atoms with van der Waals surface area (Å²) in [5.74, 6) is 0. The van der Waals surface area contributed by atoms with Gasteiger partial charge in [-0.05, 0) is 51.8 Å². The summed E-state index contributed by atoms with van der Waals surface area (Å²) < 4.78 is 0. The lowest BCUT2D eigenvalue weighted by atomic mass is 10.0. The predicted octanol–water partition coefficient (Wildman–Crippen LogP) is 4.80. The van der Waals surface area contributed by atoms with Gasteiger partial charge in [-0.25, -0.2) is 4.98 Å². The van der Waals surface area contributed by atoms with E-state index in [1.165, 1.54) is 22.3 Å². The lowest BCUT2D eigenvalue weighted by Gasteiger charge is -2.11. The molecule has 0 aliphatic rings. The molecule has 1 unspecified atom stereocenters. The summed E-state index contributed by atoms with van der Waals surface area (Å²) in [6.07, 6.45) is 1.15. The third-order valence-electron chi connectivity index (χ3n) is 3.56. The minimum Gasteiger partial charge on any atom is -0.309 e. The van der Waals surface area contributed by atoms with Crippen LogP contribution in [0.2, 0.25) is 0 Å². The second kappa shape index (κ2) is 6.51. The Bertz CT molecular complexity index is 563. The molecule has 3 heteroatoms. The number of nitrogens with one attached hydrogen (secondary N) is 1. The maximum absolute atomic E-state index is 4.84. The van der Waals surface area contributed by atoms with Crippen LogP contribution in [0.4, 0.5) is 0 Å². The van der Waals surface area contributed by atoms with Gasteiger partial charge in [-0.1, -0.05) is 24.6 Å². The maximum Gasteiger partial charge on any atom is 0.124 e. The van der Waals surface area contributed by atoms with E-state index in [0.29, 0.717) is 6.04 Å². The highest BCUT2D eigenvalue weighted by atomic mass is 32.1. The minimum absolute atomic E-state index is 0.325. The predicted molar refractivity (Wildman–Crippen MR) is 88.5 cm³/mol. The molecule has 0 aliphatic carbocycles. The molecule has 20 heavy (non-hydrogen) atoms. The topological polar surface area (TPSA) is 24.9 Å². The highest BCUT2D eigenvalue weighted by Gasteiger charge is 2.13. The number of thiazole rings is 1. The fraction of sp³-hybridized carbons (Fsp3) is 0.471. The van der Waals surface area contributed by atoms with Gasteiger partial charge in [0.05, 0.1) is 5.69 Å². The number of rotatable bonds is 5. The molecule has 2 aromatic rings. The minimum atomic E-state index is 0.325. The van der Waals surface area contributed by atoms with Crippen LogP contribution in [0.3, 0.4) is 0 Å². The fourth-order valence-corrected chi connectivity index (χ4v) is 3.67. The molecule has 1 aromatic carbocycles. The zero-order chi connectivity index (χ0) is 14.7. The van der Waals surface area contributed by atoms with Crippen LogP contribution in [-0.4, -0.2) is 11.5 Å². The molecule has 2 rings (SSSR count). The molecular weight excluding hydrogens is 264 g/mol. The average molecular weight is 288 g/mol. The van der Waals surface area contributed by atoms with Gasteiger partial charge < -0.3 is 5.32 Å². The van der Waals surface area contributed by atoms with Gasteiger partial charge in [0, 0.05) is 17.0 Å². The van der Waals surface area contributed by atoms with E-state index in [9.17, 15) is 0 Å². The molecular formula is C17H24N2S. The smallest absolute Gasteiger partial charge is 0.124 e. The molecule has 1 heterocycles. The molecule has 0 radical (unpaired) electrons. The zero-order valence-electron chi connectivity index (χ0n) is 13.1. The summed E-state index contributed by atoms with van der Waals surface area (Å²) >= 11 is 1.75. The molecule has 0 saturated carbocycles. The SMILES string of the molecule is CCCNC(C)c1csc(-c2c(C)cc(C)cc2C)n1. The Morgan fingerprint density at radius 3 is 2.45 bits per heavy atom. The van der Waals surface area contributed by atoms with E-state index in [0.717, 1.165) is 23.7 Å². The Balaban J connectivity index is 2.29. The quantitative estimate of drug-likeness (QED) is 0.855. The summed E-state index contributed by atoms with van der Waals surface area (Å²) in [6, 6.07) is 4.80. The lowest BCUT2D eigenvalue weighted by molar-refractivity contribution is 0.561. The second-order valence-corrected chi connectivity index (χ2v) is 6.39. The summed E-state index contributed by atoms with van der Waals surface area (Å²) in [5, 5.41) is 6.82. The second-order valence-electron chi connectivity index (χ2n) is 5.53. The van der Waals surface area contributed by atoms with Crippen LogP contribution in [0.25, 0.3) is 10.6 Å². The third kappa shape index (κ3) is 3.28. The van der Waals surface area contributed by atoms with Gasteiger partial charge in [-0.2, -0.15) is 0 Å². The molecule has 0 fully saturated rings. The fourth-order valence-electron chi connectivity index (χ4n) is 2.58. The first-order chi connectivity index (χ1) is 9.52. The van der Waals surface area contributed by atoms with Gasteiger partial charge in [0.25, 0.3) is 0 Å². The standard InChI is InChI=1S/C17H24N2S/c1-6-7-18-14(5)15-10-20-17(19-15)16-12(3)8-11(2)9-13(16)4/h8-10,14,18H,6-7H2,1-5H3. The zero-order valence-corrected chi connectivity index (χ0v) is 13.9. The van der Waals surface area contributed by atoms with Crippen LogP contribution in [0.1, 0.15) is 48.7 Å². The normalized spacial score (nSPS) is 12.7. The van der Waals surface area contributed by atoms with Crippen molar-refractivity contribution in [2.75, 3.05) is 6.54 Å². The van der Waals surface area contributed by atoms with Gasteiger partial charge in [0.2, 0.25) is 0 Å². The monoisotopic (exact) mass is 288 g/mol. The first kappa shape index (κ1) is 15.2.